The van der Waals surface area contributed by atoms with Crippen molar-refractivity contribution in [2.24, 2.45) is 0 Å². The molecule has 1 fully saturated rings. The fourth-order valence-electron chi connectivity index (χ4n) is 2.95. The van der Waals surface area contributed by atoms with Crippen LogP contribution in [0.3, 0.4) is 0 Å². The quantitative estimate of drug-likeness (QED) is 0.878. The van der Waals surface area contributed by atoms with Gasteiger partial charge in [0.05, 0.1) is 6.61 Å². The summed E-state index contributed by atoms with van der Waals surface area (Å²) in [6.45, 7) is 10.5. The standard InChI is InChI=1S/C18H28N2O2/c1-4-11-22-18-15(3)12-14(2)13-16(18)5-6-17(21)20-9-7-19-8-10-20/h12-13,19H,4-11H2,1-3H3. The lowest BCUT2D eigenvalue weighted by Gasteiger charge is -2.27. The third-order valence-corrected chi connectivity index (χ3v) is 4.02. The number of nitrogens with one attached hydrogen (secondary N) is 1. The predicted molar refractivity (Wildman–Crippen MR) is 89.5 cm³/mol. The van der Waals surface area contributed by atoms with Gasteiger partial charge in [0, 0.05) is 32.6 Å². The van der Waals surface area contributed by atoms with Crippen LogP contribution in [-0.2, 0) is 11.2 Å². The molecule has 0 spiro atoms. The van der Waals surface area contributed by atoms with Gasteiger partial charge in [-0.05, 0) is 37.8 Å². The third kappa shape index (κ3) is 4.47. The highest BCUT2D eigenvalue weighted by Crippen LogP contribution is 2.27. The monoisotopic (exact) mass is 304 g/mol. The van der Waals surface area contributed by atoms with Crippen LogP contribution >= 0.6 is 0 Å². The van der Waals surface area contributed by atoms with Gasteiger partial charge in [-0.3, -0.25) is 4.79 Å². The molecule has 0 unspecified atom stereocenters. The maximum Gasteiger partial charge on any atom is 0.222 e. The summed E-state index contributed by atoms with van der Waals surface area (Å²) < 4.78 is 5.91. The molecule has 1 amide bonds. The van der Waals surface area contributed by atoms with Crippen LogP contribution in [0.5, 0.6) is 5.75 Å². The molecule has 1 aromatic rings. The Bertz CT molecular complexity index is 508. The first-order chi connectivity index (χ1) is 10.6. The van der Waals surface area contributed by atoms with E-state index in [0.717, 1.165) is 62.5 Å². The number of carbonyl (C=O) groups is 1. The fraction of sp³-hybridized carbons (Fsp3) is 0.611. The Morgan fingerprint density at radius 3 is 2.68 bits per heavy atom. The van der Waals surface area contributed by atoms with Crippen molar-refractivity contribution in [2.75, 3.05) is 32.8 Å². The van der Waals surface area contributed by atoms with Crippen LogP contribution in [-0.4, -0.2) is 43.6 Å². The molecular formula is C18H28N2O2. The van der Waals surface area contributed by atoms with Gasteiger partial charge >= 0.3 is 0 Å². The zero-order chi connectivity index (χ0) is 15.9. The number of rotatable bonds is 6. The van der Waals surface area contributed by atoms with Gasteiger partial charge in [-0.15, -0.1) is 0 Å². The number of nitrogens with zero attached hydrogens (tertiary/aromatic N) is 1. The fourth-order valence-corrected chi connectivity index (χ4v) is 2.95. The van der Waals surface area contributed by atoms with E-state index in [2.05, 4.69) is 38.2 Å². The molecule has 0 bridgehead atoms. The lowest BCUT2D eigenvalue weighted by molar-refractivity contribution is -0.131. The first-order valence-electron chi connectivity index (χ1n) is 8.33. The molecule has 1 saturated heterocycles. The van der Waals surface area contributed by atoms with E-state index < -0.39 is 0 Å². The van der Waals surface area contributed by atoms with Gasteiger partial charge in [0.2, 0.25) is 5.91 Å². The van der Waals surface area contributed by atoms with Gasteiger partial charge < -0.3 is 15.0 Å². The maximum absolute atomic E-state index is 12.3. The van der Waals surface area contributed by atoms with E-state index in [4.69, 9.17) is 4.74 Å². The third-order valence-electron chi connectivity index (χ3n) is 4.02. The Balaban J connectivity index is 2.02. The van der Waals surface area contributed by atoms with Crippen LogP contribution in [0.2, 0.25) is 0 Å². The van der Waals surface area contributed by atoms with Crippen molar-refractivity contribution in [1.29, 1.82) is 0 Å². The van der Waals surface area contributed by atoms with Crippen molar-refractivity contribution in [3.8, 4) is 5.75 Å². The van der Waals surface area contributed by atoms with E-state index in [1.165, 1.54) is 5.56 Å². The van der Waals surface area contributed by atoms with E-state index in [0.29, 0.717) is 6.42 Å². The maximum atomic E-state index is 12.3. The molecule has 0 aliphatic carbocycles. The average molecular weight is 304 g/mol. The zero-order valence-electron chi connectivity index (χ0n) is 14.1. The molecule has 1 aliphatic rings. The Labute approximate surface area is 133 Å². The number of hydrogen-bond acceptors (Lipinski definition) is 3. The Morgan fingerprint density at radius 1 is 1.27 bits per heavy atom. The van der Waals surface area contributed by atoms with Crippen molar-refractivity contribution in [3.63, 3.8) is 0 Å². The van der Waals surface area contributed by atoms with Gasteiger partial charge in [-0.2, -0.15) is 0 Å². The molecule has 2 rings (SSSR count). The first kappa shape index (κ1) is 16.8. The number of hydrogen-bond donors (Lipinski definition) is 1. The second-order valence-electron chi connectivity index (χ2n) is 6.05. The van der Waals surface area contributed by atoms with Crippen molar-refractivity contribution in [1.82, 2.24) is 10.2 Å². The molecule has 4 nitrogen and oxygen atoms in total. The van der Waals surface area contributed by atoms with E-state index in [1.54, 1.807) is 0 Å². The SMILES string of the molecule is CCCOc1c(C)cc(C)cc1CCC(=O)N1CCNCC1. The molecule has 22 heavy (non-hydrogen) atoms. The molecule has 0 atom stereocenters. The Morgan fingerprint density at radius 2 is 2.00 bits per heavy atom. The number of aryl methyl sites for hydroxylation is 3. The Kier molecular flexibility index (Phi) is 6.25. The molecule has 1 heterocycles. The second-order valence-corrected chi connectivity index (χ2v) is 6.05. The smallest absolute Gasteiger partial charge is 0.222 e. The highest BCUT2D eigenvalue weighted by molar-refractivity contribution is 5.76. The minimum absolute atomic E-state index is 0.252. The van der Waals surface area contributed by atoms with Gasteiger partial charge in [0.15, 0.2) is 0 Å². The molecule has 0 saturated carbocycles. The van der Waals surface area contributed by atoms with Crippen molar-refractivity contribution in [2.45, 2.75) is 40.0 Å². The van der Waals surface area contributed by atoms with E-state index >= 15 is 0 Å². The molecule has 1 N–H and O–H groups in total. The normalized spacial score (nSPS) is 15.0. The van der Waals surface area contributed by atoms with Gasteiger partial charge in [-0.25, -0.2) is 0 Å². The molecule has 4 heteroatoms. The summed E-state index contributed by atoms with van der Waals surface area (Å²) in [5, 5.41) is 3.28. The first-order valence-corrected chi connectivity index (χ1v) is 8.33. The molecule has 1 aliphatic heterocycles. The highest BCUT2D eigenvalue weighted by atomic mass is 16.5. The van der Waals surface area contributed by atoms with Crippen LogP contribution in [0.1, 0.15) is 36.5 Å². The second kappa shape index (κ2) is 8.18. The van der Waals surface area contributed by atoms with E-state index in [-0.39, 0.29) is 5.91 Å². The van der Waals surface area contributed by atoms with E-state index in [1.807, 2.05) is 4.90 Å². The molecular weight excluding hydrogens is 276 g/mol. The number of ether oxygens (including phenoxy) is 1. The van der Waals surface area contributed by atoms with Crippen LogP contribution in [0.15, 0.2) is 12.1 Å². The summed E-state index contributed by atoms with van der Waals surface area (Å²) in [5.74, 6) is 1.22. The number of piperazine rings is 1. The topological polar surface area (TPSA) is 41.6 Å². The summed E-state index contributed by atoms with van der Waals surface area (Å²) in [6, 6.07) is 4.30. The van der Waals surface area contributed by atoms with Gasteiger partial charge in [0.1, 0.15) is 5.75 Å². The summed E-state index contributed by atoms with van der Waals surface area (Å²) in [4.78, 5) is 14.3. The summed E-state index contributed by atoms with van der Waals surface area (Å²) in [7, 11) is 0. The van der Waals surface area contributed by atoms with Crippen LogP contribution < -0.4 is 10.1 Å². The van der Waals surface area contributed by atoms with Crippen molar-refractivity contribution in [3.05, 3.63) is 28.8 Å². The minimum Gasteiger partial charge on any atom is -0.493 e. The number of benzene rings is 1. The van der Waals surface area contributed by atoms with Gasteiger partial charge in [0.25, 0.3) is 0 Å². The summed E-state index contributed by atoms with van der Waals surface area (Å²) in [6.07, 6.45) is 2.31. The van der Waals surface area contributed by atoms with E-state index in [9.17, 15) is 4.79 Å². The lowest BCUT2D eigenvalue weighted by atomic mass is 10.0. The molecule has 1 aromatic carbocycles. The van der Waals surface area contributed by atoms with Crippen LogP contribution in [0.4, 0.5) is 0 Å². The van der Waals surface area contributed by atoms with Crippen LogP contribution in [0, 0.1) is 13.8 Å². The lowest BCUT2D eigenvalue weighted by Crippen LogP contribution is -2.46. The zero-order valence-corrected chi connectivity index (χ0v) is 14.1. The van der Waals surface area contributed by atoms with Crippen molar-refractivity contribution >= 4 is 5.91 Å². The largest absolute Gasteiger partial charge is 0.493 e. The summed E-state index contributed by atoms with van der Waals surface area (Å²) >= 11 is 0. The van der Waals surface area contributed by atoms with Crippen molar-refractivity contribution < 1.29 is 9.53 Å². The van der Waals surface area contributed by atoms with Gasteiger partial charge in [-0.1, -0.05) is 24.6 Å². The van der Waals surface area contributed by atoms with Crippen LogP contribution in [0.25, 0.3) is 0 Å². The average Bonchev–Trinajstić information content (AvgIpc) is 2.52. The molecule has 0 radical (unpaired) electrons. The highest BCUT2D eigenvalue weighted by Gasteiger charge is 2.17. The predicted octanol–water partition coefficient (Wildman–Crippen LogP) is 2.46. The number of amides is 1. The summed E-state index contributed by atoms with van der Waals surface area (Å²) in [5.41, 5.74) is 3.55. The number of carbonyl (C=O) groups excluding carboxylic acids is 1. The minimum atomic E-state index is 0.252. The molecule has 122 valence electrons. The Hall–Kier alpha value is -1.55. The molecule has 0 aromatic heterocycles.